The molecule has 1 rings (SSSR count). The van der Waals surface area contributed by atoms with E-state index in [4.69, 9.17) is 18.0 Å². The quantitative estimate of drug-likeness (QED) is 0.664. The molecule has 5 heteroatoms. The van der Waals surface area contributed by atoms with E-state index in [1.165, 1.54) is 0 Å². The van der Waals surface area contributed by atoms with Crippen molar-refractivity contribution in [1.82, 2.24) is 10.2 Å². The van der Waals surface area contributed by atoms with E-state index < -0.39 is 5.41 Å². The summed E-state index contributed by atoms with van der Waals surface area (Å²) < 4.78 is 0. The highest BCUT2D eigenvalue weighted by Gasteiger charge is 2.50. The molecule has 4 nitrogen and oxygen atoms in total. The molecule has 0 heterocycles. The number of nitrogens with two attached hydrogens (primary N) is 1. The van der Waals surface area contributed by atoms with E-state index in [1.807, 2.05) is 0 Å². The molecule has 1 amide bonds. The third kappa shape index (κ3) is 3.89. The van der Waals surface area contributed by atoms with Gasteiger partial charge >= 0.3 is 0 Å². The highest BCUT2D eigenvalue weighted by molar-refractivity contribution is 7.80. The van der Waals surface area contributed by atoms with Gasteiger partial charge in [0.15, 0.2) is 0 Å². The minimum absolute atomic E-state index is 0.0191. The Morgan fingerprint density at radius 3 is 2.47 bits per heavy atom. The van der Waals surface area contributed by atoms with E-state index in [2.05, 4.69) is 31.0 Å². The summed E-state index contributed by atoms with van der Waals surface area (Å²) >= 11 is 5.08. The van der Waals surface area contributed by atoms with E-state index in [0.717, 1.165) is 38.9 Å². The first kappa shape index (κ1) is 16.4. The van der Waals surface area contributed by atoms with Gasteiger partial charge in [0.1, 0.15) is 0 Å². The fraction of sp³-hybridized carbons (Fsp3) is 0.857. The van der Waals surface area contributed by atoms with Crippen LogP contribution in [0.2, 0.25) is 0 Å². The van der Waals surface area contributed by atoms with Gasteiger partial charge in [0.2, 0.25) is 5.91 Å². The van der Waals surface area contributed by atoms with Crippen molar-refractivity contribution in [1.29, 1.82) is 0 Å². The number of carbonyl (C=O) groups is 1. The van der Waals surface area contributed by atoms with Crippen molar-refractivity contribution < 1.29 is 4.79 Å². The molecule has 0 aliphatic heterocycles. The molecule has 3 N–H and O–H groups in total. The Balaban J connectivity index is 2.40. The van der Waals surface area contributed by atoms with Crippen LogP contribution in [0.5, 0.6) is 0 Å². The minimum Gasteiger partial charge on any atom is -0.392 e. The predicted molar refractivity (Wildman–Crippen MR) is 83.0 cm³/mol. The Kier molecular flexibility index (Phi) is 6.20. The number of likely N-dealkylation sites (N-methyl/N-ethyl adjacent to an activating group) is 1. The molecule has 1 aliphatic carbocycles. The number of nitrogens with zero attached hydrogens (tertiary/aromatic N) is 1. The number of rotatable bonds is 8. The third-order valence-electron chi connectivity index (χ3n) is 4.00. The summed E-state index contributed by atoms with van der Waals surface area (Å²) in [5, 5.41) is 3.00. The number of hydrogen-bond donors (Lipinski definition) is 2. The molecule has 0 saturated heterocycles. The second-order valence-corrected chi connectivity index (χ2v) is 6.09. The number of amides is 1. The summed E-state index contributed by atoms with van der Waals surface area (Å²) in [6.07, 6.45) is 2.72. The lowest BCUT2D eigenvalue weighted by molar-refractivity contribution is -0.132. The van der Waals surface area contributed by atoms with Crippen LogP contribution in [0.1, 0.15) is 40.0 Å². The highest BCUT2D eigenvalue weighted by Crippen LogP contribution is 2.45. The van der Waals surface area contributed by atoms with Crippen LogP contribution in [0, 0.1) is 11.3 Å². The summed E-state index contributed by atoms with van der Waals surface area (Å²) in [5.41, 5.74) is 5.19. The van der Waals surface area contributed by atoms with Gasteiger partial charge in [-0.05, 0) is 38.3 Å². The Bertz CT molecular complexity index is 327. The second kappa shape index (κ2) is 7.20. The van der Waals surface area contributed by atoms with Gasteiger partial charge in [0, 0.05) is 13.1 Å². The Hall–Kier alpha value is -0.680. The van der Waals surface area contributed by atoms with Gasteiger partial charge in [-0.3, -0.25) is 4.79 Å². The van der Waals surface area contributed by atoms with Gasteiger partial charge in [-0.15, -0.1) is 0 Å². The molecular weight excluding hydrogens is 258 g/mol. The van der Waals surface area contributed by atoms with Gasteiger partial charge in [0.05, 0.1) is 10.4 Å². The molecule has 0 atom stereocenters. The van der Waals surface area contributed by atoms with Gasteiger partial charge in [-0.2, -0.15) is 0 Å². The van der Waals surface area contributed by atoms with E-state index >= 15 is 0 Å². The lowest BCUT2D eigenvalue weighted by Crippen LogP contribution is -2.56. The van der Waals surface area contributed by atoms with E-state index in [9.17, 15) is 4.79 Å². The zero-order valence-electron chi connectivity index (χ0n) is 12.4. The summed E-state index contributed by atoms with van der Waals surface area (Å²) in [4.78, 5) is 14.9. The van der Waals surface area contributed by atoms with Crippen LogP contribution >= 0.6 is 12.2 Å². The van der Waals surface area contributed by atoms with Crippen molar-refractivity contribution in [3.8, 4) is 0 Å². The molecule has 1 aliphatic rings. The molecule has 110 valence electrons. The van der Waals surface area contributed by atoms with Crippen LogP contribution in [0.4, 0.5) is 0 Å². The minimum atomic E-state index is -0.573. The monoisotopic (exact) mass is 285 g/mol. The maximum Gasteiger partial charge on any atom is 0.233 e. The molecule has 0 bridgehead atoms. The standard InChI is InChI=1S/C14H27N3OS/c1-4-7-17(5-2)8-6-16-13(18)14(12(15)19)9-11(3)10-14/h11H,4-10H2,1-3H3,(H2,15,19)(H,16,18). The molecule has 19 heavy (non-hydrogen) atoms. The van der Waals surface area contributed by atoms with Crippen LogP contribution in [0.25, 0.3) is 0 Å². The molecule has 0 radical (unpaired) electrons. The molecule has 1 saturated carbocycles. The Morgan fingerprint density at radius 2 is 2.05 bits per heavy atom. The average molecular weight is 285 g/mol. The normalized spacial score (nSPS) is 26.0. The smallest absolute Gasteiger partial charge is 0.233 e. The van der Waals surface area contributed by atoms with Gasteiger partial charge in [-0.1, -0.05) is 33.0 Å². The van der Waals surface area contributed by atoms with Crippen LogP contribution in [-0.4, -0.2) is 42.0 Å². The first-order valence-electron chi connectivity index (χ1n) is 7.26. The Labute approximate surface area is 122 Å². The molecule has 0 aromatic heterocycles. The van der Waals surface area contributed by atoms with E-state index in [-0.39, 0.29) is 5.91 Å². The fourth-order valence-electron chi connectivity index (χ4n) is 2.87. The maximum absolute atomic E-state index is 12.3. The van der Waals surface area contributed by atoms with Crippen LogP contribution in [-0.2, 0) is 4.79 Å². The van der Waals surface area contributed by atoms with Crippen molar-refractivity contribution in [2.24, 2.45) is 17.1 Å². The van der Waals surface area contributed by atoms with Crippen LogP contribution in [0.3, 0.4) is 0 Å². The van der Waals surface area contributed by atoms with Gasteiger partial charge in [-0.25, -0.2) is 0 Å². The lowest BCUT2D eigenvalue weighted by Gasteiger charge is -2.44. The average Bonchev–Trinajstić information content (AvgIpc) is 2.32. The molecular formula is C14H27N3OS. The van der Waals surface area contributed by atoms with E-state index in [0.29, 0.717) is 17.5 Å². The van der Waals surface area contributed by atoms with Crippen molar-refractivity contribution in [2.45, 2.75) is 40.0 Å². The van der Waals surface area contributed by atoms with Crippen LogP contribution in [0.15, 0.2) is 0 Å². The second-order valence-electron chi connectivity index (χ2n) is 5.65. The number of nitrogens with one attached hydrogen (secondary N) is 1. The summed E-state index contributed by atoms with van der Waals surface area (Å²) in [6, 6.07) is 0. The van der Waals surface area contributed by atoms with Gasteiger partial charge < -0.3 is 16.0 Å². The van der Waals surface area contributed by atoms with Crippen LogP contribution < -0.4 is 11.1 Å². The van der Waals surface area contributed by atoms with Crippen molar-refractivity contribution in [3.63, 3.8) is 0 Å². The van der Waals surface area contributed by atoms with E-state index in [1.54, 1.807) is 0 Å². The highest BCUT2D eigenvalue weighted by atomic mass is 32.1. The SMILES string of the molecule is CCCN(CC)CCNC(=O)C1(C(N)=S)CC(C)C1. The lowest BCUT2D eigenvalue weighted by atomic mass is 9.62. The zero-order valence-corrected chi connectivity index (χ0v) is 13.2. The zero-order chi connectivity index (χ0) is 14.5. The predicted octanol–water partition coefficient (Wildman–Crippen LogP) is 1.54. The molecule has 0 aromatic carbocycles. The molecule has 1 fully saturated rings. The first-order chi connectivity index (χ1) is 8.96. The Morgan fingerprint density at radius 1 is 1.42 bits per heavy atom. The summed E-state index contributed by atoms with van der Waals surface area (Å²) in [6.45, 7) is 10.1. The molecule has 0 unspecified atom stereocenters. The maximum atomic E-state index is 12.3. The van der Waals surface area contributed by atoms with Crippen molar-refractivity contribution >= 4 is 23.1 Å². The summed E-state index contributed by atoms with van der Waals surface area (Å²) in [7, 11) is 0. The first-order valence-corrected chi connectivity index (χ1v) is 7.67. The van der Waals surface area contributed by atoms with Gasteiger partial charge in [0.25, 0.3) is 0 Å². The number of thiocarbonyl (C=S) groups is 1. The molecule has 0 spiro atoms. The summed E-state index contributed by atoms with van der Waals surface area (Å²) in [5.74, 6) is 0.560. The number of hydrogen-bond acceptors (Lipinski definition) is 3. The molecule has 0 aromatic rings. The third-order valence-corrected chi connectivity index (χ3v) is 4.39. The van der Waals surface area contributed by atoms with Crippen molar-refractivity contribution in [2.75, 3.05) is 26.2 Å². The van der Waals surface area contributed by atoms with Crippen molar-refractivity contribution in [3.05, 3.63) is 0 Å². The largest absolute Gasteiger partial charge is 0.392 e. The topological polar surface area (TPSA) is 58.4 Å². The fourth-order valence-corrected chi connectivity index (χ4v) is 3.13. The number of carbonyl (C=O) groups excluding carboxylic acids is 1.